The molecule has 2 unspecified atom stereocenters. The van der Waals surface area contributed by atoms with E-state index >= 15 is 0 Å². The van der Waals surface area contributed by atoms with Crippen LogP contribution in [-0.2, 0) is 4.79 Å². The summed E-state index contributed by atoms with van der Waals surface area (Å²) in [5.74, 6) is 0.174. The number of nitrogens with zero attached hydrogens (tertiary/aromatic N) is 2. The highest BCUT2D eigenvalue weighted by atomic mass is 16.6. The smallest absolute Gasteiger partial charge is 0.258 e. The summed E-state index contributed by atoms with van der Waals surface area (Å²) in [7, 11) is 0. The highest BCUT2D eigenvalue weighted by Crippen LogP contribution is 2.41. The molecule has 2 aliphatic rings. The monoisotopic (exact) mass is 507 g/mol. The largest absolute Gasteiger partial charge is 0.486 e. The molecule has 0 bridgehead atoms. The third-order valence-corrected chi connectivity index (χ3v) is 6.28. The molecule has 0 saturated carbocycles. The normalized spacial score (nSPS) is 17.5. The number of carbonyl (C=O) groups is 1. The molecule has 0 aliphatic carbocycles. The maximum absolute atomic E-state index is 13.3. The van der Waals surface area contributed by atoms with Crippen molar-refractivity contribution in [1.82, 2.24) is 9.97 Å². The summed E-state index contributed by atoms with van der Waals surface area (Å²) in [4.78, 5) is 33.3. The number of hydrogen-bond donors (Lipinski definition) is 3. The Morgan fingerprint density at radius 1 is 0.947 bits per heavy atom. The summed E-state index contributed by atoms with van der Waals surface area (Å²) in [6.45, 7) is 0.820. The standard InChI is InChI=1S/C28H21N5O5/c29-15-20-23(16-6-11-21-22(14-16)37-13-12-36-21)24-25(31-26(20)34)32-28(33-27(24)35)30-17-7-9-19(10-8-17)38-18-4-2-1-3-5-18/h1-11,14,20,23H,12-13H2,(H3,30,31,32,33,34,35). The van der Waals surface area contributed by atoms with E-state index in [-0.39, 0.29) is 17.3 Å². The number of anilines is 3. The molecule has 1 aromatic heterocycles. The lowest BCUT2D eigenvalue weighted by Crippen LogP contribution is -2.38. The Balaban J connectivity index is 1.30. The molecule has 188 valence electrons. The SMILES string of the molecule is N#CC1C(=O)Nc2nc(Nc3ccc(Oc4ccccc4)cc3)[nH]c(=O)c2C1c1ccc2c(c1)OCCO2. The van der Waals surface area contributed by atoms with Gasteiger partial charge in [0.1, 0.15) is 36.4 Å². The average Bonchev–Trinajstić information content (AvgIpc) is 2.93. The fourth-order valence-corrected chi connectivity index (χ4v) is 4.55. The van der Waals surface area contributed by atoms with Gasteiger partial charge >= 0.3 is 0 Å². The fourth-order valence-electron chi connectivity index (χ4n) is 4.55. The molecule has 10 heteroatoms. The lowest BCUT2D eigenvalue weighted by atomic mass is 9.79. The molecular weight excluding hydrogens is 486 g/mol. The first kappa shape index (κ1) is 23.1. The van der Waals surface area contributed by atoms with Gasteiger partial charge in [-0.2, -0.15) is 10.2 Å². The van der Waals surface area contributed by atoms with E-state index < -0.39 is 23.3 Å². The van der Waals surface area contributed by atoms with Gasteiger partial charge in [-0.1, -0.05) is 24.3 Å². The molecule has 4 aromatic rings. The highest BCUT2D eigenvalue weighted by Gasteiger charge is 2.40. The molecular formula is C28H21N5O5. The van der Waals surface area contributed by atoms with Crippen LogP contribution in [-0.4, -0.2) is 29.1 Å². The van der Waals surface area contributed by atoms with Crippen molar-refractivity contribution >= 4 is 23.4 Å². The van der Waals surface area contributed by atoms with Crippen LogP contribution in [0.3, 0.4) is 0 Å². The molecule has 1 amide bonds. The molecule has 3 heterocycles. The minimum absolute atomic E-state index is 0.0941. The van der Waals surface area contributed by atoms with Crippen molar-refractivity contribution in [1.29, 1.82) is 5.26 Å². The Kier molecular flexibility index (Phi) is 5.86. The second kappa shape index (κ2) is 9.63. The Hall–Kier alpha value is -5.30. The summed E-state index contributed by atoms with van der Waals surface area (Å²) in [6, 6.07) is 23.7. The van der Waals surface area contributed by atoms with Crippen molar-refractivity contribution in [3.63, 3.8) is 0 Å². The van der Waals surface area contributed by atoms with Gasteiger partial charge in [-0.15, -0.1) is 0 Å². The van der Waals surface area contributed by atoms with Crippen LogP contribution in [0.1, 0.15) is 17.0 Å². The molecule has 0 saturated heterocycles. The average molecular weight is 508 g/mol. The predicted molar refractivity (Wildman–Crippen MR) is 138 cm³/mol. The number of hydrogen-bond acceptors (Lipinski definition) is 8. The Morgan fingerprint density at radius 2 is 1.68 bits per heavy atom. The molecule has 10 nitrogen and oxygen atoms in total. The van der Waals surface area contributed by atoms with E-state index in [1.165, 1.54) is 0 Å². The maximum Gasteiger partial charge on any atom is 0.258 e. The summed E-state index contributed by atoms with van der Waals surface area (Å²) < 4.78 is 17.1. The van der Waals surface area contributed by atoms with Crippen molar-refractivity contribution in [3.8, 4) is 29.1 Å². The second-order valence-electron chi connectivity index (χ2n) is 8.72. The lowest BCUT2D eigenvalue weighted by molar-refractivity contribution is -0.119. The number of ether oxygens (including phenoxy) is 3. The van der Waals surface area contributed by atoms with Crippen molar-refractivity contribution in [2.75, 3.05) is 23.8 Å². The van der Waals surface area contributed by atoms with E-state index in [9.17, 15) is 14.9 Å². The predicted octanol–water partition coefficient (Wildman–Crippen LogP) is 4.30. The van der Waals surface area contributed by atoms with E-state index in [1.54, 1.807) is 42.5 Å². The van der Waals surface area contributed by atoms with Crippen LogP contribution < -0.4 is 30.4 Å². The molecule has 0 radical (unpaired) electrons. The number of fused-ring (bicyclic) bond motifs is 2. The number of para-hydroxylation sites is 1. The lowest BCUT2D eigenvalue weighted by Gasteiger charge is -2.29. The van der Waals surface area contributed by atoms with Crippen LogP contribution in [0.4, 0.5) is 17.5 Å². The summed E-state index contributed by atoms with van der Waals surface area (Å²) in [6.07, 6.45) is 0. The van der Waals surface area contributed by atoms with Crippen molar-refractivity contribution in [2.24, 2.45) is 5.92 Å². The Morgan fingerprint density at radius 3 is 2.45 bits per heavy atom. The van der Waals surface area contributed by atoms with Crippen LogP contribution in [0.5, 0.6) is 23.0 Å². The number of aromatic amines is 1. The number of benzene rings is 3. The van der Waals surface area contributed by atoms with Crippen molar-refractivity contribution in [3.05, 3.63) is 94.3 Å². The van der Waals surface area contributed by atoms with E-state index in [2.05, 4.69) is 20.6 Å². The summed E-state index contributed by atoms with van der Waals surface area (Å²) >= 11 is 0. The first-order valence-corrected chi connectivity index (χ1v) is 11.9. The van der Waals surface area contributed by atoms with Gasteiger partial charge in [0, 0.05) is 11.6 Å². The van der Waals surface area contributed by atoms with Gasteiger partial charge < -0.3 is 24.8 Å². The molecule has 0 spiro atoms. The number of amides is 1. The van der Waals surface area contributed by atoms with Gasteiger partial charge in [-0.05, 0) is 54.1 Å². The molecule has 0 fully saturated rings. The quantitative estimate of drug-likeness (QED) is 0.363. The number of aromatic nitrogens is 2. The van der Waals surface area contributed by atoms with Crippen LogP contribution in [0.2, 0.25) is 0 Å². The Labute approximate surface area is 216 Å². The van der Waals surface area contributed by atoms with Crippen LogP contribution in [0.25, 0.3) is 0 Å². The maximum atomic E-state index is 13.3. The molecule has 6 rings (SSSR count). The number of H-pyrrole nitrogens is 1. The van der Waals surface area contributed by atoms with Gasteiger partial charge in [0.15, 0.2) is 11.5 Å². The first-order chi connectivity index (χ1) is 18.6. The zero-order valence-corrected chi connectivity index (χ0v) is 19.9. The molecule has 3 aromatic carbocycles. The zero-order valence-electron chi connectivity index (χ0n) is 19.9. The van der Waals surface area contributed by atoms with E-state index in [0.717, 1.165) is 0 Å². The molecule has 3 N–H and O–H groups in total. The van der Waals surface area contributed by atoms with E-state index in [4.69, 9.17) is 14.2 Å². The number of nitrogens with one attached hydrogen (secondary N) is 3. The summed E-state index contributed by atoms with van der Waals surface area (Å²) in [5, 5.41) is 15.5. The molecule has 38 heavy (non-hydrogen) atoms. The minimum atomic E-state index is -1.12. The van der Waals surface area contributed by atoms with Gasteiger partial charge in [0.25, 0.3) is 5.56 Å². The topological polar surface area (TPSA) is 138 Å². The molecule has 2 atom stereocenters. The van der Waals surface area contributed by atoms with Crippen LogP contribution in [0, 0.1) is 17.2 Å². The fraction of sp³-hybridized carbons (Fsp3) is 0.143. The first-order valence-electron chi connectivity index (χ1n) is 11.9. The van der Waals surface area contributed by atoms with Gasteiger partial charge in [-0.3, -0.25) is 14.6 Å². The third kappa shape index (κ3) is 4.37. The van der Waals surface area contributed by atoms with E-state index in [1.807, 2.05) is 36.4 Å². The Bertz CT molecular complexity index is 1610. The van der Waals surface area contributed by atoms with Gasteiger partial charge in [-0.25, -0.2) is 0 Å². The third-order valence-electron chi connectivity index (χ3n) is 6.28. The van der Waals surface area contributed by atoms with Crippen LogP contribution >= 0.6 is 0 Å². The van der Waals surface area contributed by atoms with Crippen molar-refractivity contribution < 1.29 is 19.0 Å². The van der Waals surface area contributed by atoms with E-state index in [0.29, 0.717) is 47.5 Å². The van der Waals surface area contributed by atoms with Crippen molar-refractivity contribution in [2.45, 2.75) is 5.92 Å². The minimum Gasteiger partial charge on any atom is -0.486 e. The summed E-state index contributed by atoms with van der Waals surface area (Å²) in [5.41, 5.74) is 0.958. The second-order valence-corrected chi connectivity index (χ2v) is 8.72. The number of nitriles is 1. The van der Waals surface area contributed by atoms with Gasteiger partial charge in [0.05, 0.1) is 11.6 Å². The number of carbonyl (C=O) groups excluding carboxylic acids is 1. The molecule has 2 aliphatic heterocycles. The zero-order chi connectivity index (χ0) is 26.1. The highest BCUT2D eigenvalue weighted by molar-refractivity contribution is 5.98. The van der Waals surface area contributed by atoms with Crippen LogP contribution in [0.15, 0.2) is 77.6 Å². The van der Waals surface area contributed by atoms with Gasteiger partial charge in [0.2, 0.25) is 11.9 Å². The number of rotatable bonds is 5.